The minimum atomic E-state index is -0.0529. The van der Waals surface area contributed by atoms with Crippen molar-refractivity contribution in [2.45, 2.75) is 32.6 Å². The SMILES string of the molecule is COc1ccc(C)cc1CCN1C(=O)CCCC1=O. The molecule has 0 aromatic heterocycles. The molecule has 2 rings (SSSR count). The van der Waals surface area contributed by atoms with E-state index >= 15 is 0 Å². The van der Waals surface area contributed by atoms with E-state index in [1.807, 2.05) is 25.1 Å². The van der Waals surface area contributed by atoms with Crippen LogP contribution in [0.5, 0.6) is 5.75 Å². The number of amides is 2. The normalized spacial score (nSPS) is 15.8. The van der Waals surface area contributed by atoms with Crippen LogP contribution in [0.25, 0.3) is 0 Å². The van der Waals surface area contributed by atoms with Gasteiger partial charge in [-0.05, 0) is 31.4 Å². The van der Waals surface area contributed by atoms with Crippen molar-refractivity contribution in [3.63, 3.8) is 0 Å². The molecule has 0 spiro atoms. The Bertz CT molecular complexity index is 480. The highest BCUT2D eigenvalue weighted by Crippen LogP contribution is 2.21. The quantitative estimate of drug-likeness (QED) is 0.780. The van der Waals surface area contributed by atoms with E-state index in [0.29, 0.717) is 32.2 Å². The molecule has 0 aliphatic carbocycles. The van der Waals surface area contributed by atoms with E-state index in [-0.39, 0.29) is 11.8 Å². The molecule has 0 N–H and O–H groups in total. The monoisotopic (exact) mass is 261 g/mol. The Balaban J connectivity index is 2.07. The molecule has 0 atom stereocenters. The number of hydrogen-bond donors (Lipinski definition) is 0. The molecule has 1 fully saturated rings. The molecule has 0 saturated carbocycles. The van der Waals surface area contributed by atoms with Gasteiger partial charge in [-0.2, -0.15) is 0 Å². The molecule has 102 valence electrons. The molecule has 1 aliphatic rings. The fourth-order valence-electron chi connectivity index (χ4n) is 2.38. The average Bonchev–Trinajstić information content (AvgIpc) is 2.38. The standard InChI is InChI=1S/C15H19NO3/c1-11-6-7-13(19-2)12(10-11)8-9-16-14(17)4-3-5-15(16)18/h6-7,10H,3-5,8-9H2,1-2H3. The van der Waals surface area contributed by atoms with Gasteiger partial charge in [-0.25, -0.2) is 0 Å². The zero-order chi connectivity index (χ0) is 13.8. The second-order valence-electron chi connectivity index (χ2n) is 4.86. The Morgan fingerprint density at radius 2 is 1.89 bits per heavy atom. The third kappa shape index (κ3) is 3.13. The van der Waals surface area contributed by atoms with E-state index in [0.717, 1.165) is 16.9 Å². The van der Waals surface area contributed by atoms with Crippen LogP contribution < -0.4 is 4.74 Å². The van der Waals surface area contributed by atoms with E-state index in [1.54, 1.807) is 7.11 Å². The predicted molar refractivity (Wildman–Crippen MR) is 72.0 cm³/mol. The Hall–Kier alpha value is -1.84. The van der Waals surface area contributed by atoms with Gasteiger partial charge in [-0.1, -0.05) is 17.7 Å². The molecule has 2 amide bonds. The molecular weight excluding hydrogens is 242 g/mol. The second kappa shape index (κ2) is 5.87. The van der Waals surface area contributed by atoms with Crippen LogP contribution in [0.1, 0.15) is 30.4 Å². The number of imide groups is 1. The summed E-state index contributed by atoms with van der Waals surface area (Å²) in [6.45, 7) is 2.46. The predicted octanol–water partition coefficient (Wildman–Crippen LogP) is 2.09. The molecule has 0 bridgehead atoms. The van der Waals surface area contributed by atoms with Crippen LogP contribution in [0.3, 0.4) is 0 Å². The van der Waals surface area contributed by atoms with Crippen LogP contribution in [-0.2, 0) is 16.0 Å². The number of benzene rings is 1. The Kier molecular flexibility index (Phi) is 4.20. The Labute approximate surface area is 113 Å². The minimum Gasteiger partial charge on any atom is -0.496 e. The number of likely N-dealkylation sites (tertiary alicyclic amines) is 1. The molecule has 1 aliphatic heterocycles. The summed E-state index contributed by atoms with van der Waals surface area (Å²) in [6.07, 6.45) is 2.29. The molecule has 1 heterocycles. The van der Waals surface area contributed by atoms with E-state index in [4.69, 9.17) is 4.74 Å². The van der Waals surface area contributed by atoms with Gasteiger partial charge in [0.05, 0.1) is 7.11 Å². The summed E-state index contributed by atoms with van der Waals surface area (Å²) < 4.78 is 5.31. The molecule has 1 aromatic rings. The number of hydrogen-bond acceptors (Lipinski definition) is 3. The zero-order valence-corrected chi connectivity index (χ0v) is 11.4. The number of piperidine rings is 1. The maximum absolute atomic E-state index is 11.7. The molecule has 1 aromatic carbocycles. The summed E-state index contributed by atoms with van der Waals surface area (Å²) in [5.41, 5.74) is 2.18. The number of methoxy groups -OCH3 is 1. The molecule has 1 saturated heterocycles. The maximum Gasteiger partial charge on any atom is 0.229 e. The van der Waals surface area contributed by atoms with Crippen LogP contribution in [0.4, 0.5) is 0 Å². The van der Waals surface area contributed by atoms with Crippen LogP contribution in [0.15, 0.2) is 18.2 Å². The van der Waals surface area contributed by atoms with Crippen LogP contribution >= 0.6 is 0 Å². The highest BCUT2D eigenvalue weighted by atomic mass is 16.5. The molecule has 4 heteroatoms. The van der Waals surface area contributed by atoms with Gasteiger partial charge in [0.25, 0.3) is 0 Å². The van der Waals surface area contributed by atoms with E-state index in [9.17, 15) is 9.59 Å². The minimum absolute atomic E-state index is 0.0529. The van der Waals surface area contributed by atoms with Crippen molar-refractivity contribution in [2.75, 3.05) is 13.7 Å². The molecule has 0 radical (unpaired) electrons. The lowest BCUT2D eigenvalue weighted by Gasteiger charge is -2.25. The number of aryl methyl sites for hydroxylation is 1. The number of carbonyl (C=O) groups excluding carboxylic acids is 2. The fraction of sp³-hybridized carbons (Fsp3) is 0.467. The number of nitrogens with zero attached hydrogens (tertiary/aromatic N) is 1. The van der Waals surface area contributed by atoms with Crippen molar-refractivity contribution >= 4 is 11.8 Å². The van der Waals surface area contributed by atoms with Crippen LogP contribution in [-0.4, -0.2) is 30.4 Å². The lowest BCUT2D eigenvalue weighted by Crippen LogP contribution is -2.41. The largest absolute Gasteiger partial charge is 0.496 e. The van der Waals surface area contributed by atoms with Crippen molar-refractivity contribution in [2.24, 2.45) is 0 Å². The van der Waals surface area contributed by atoms with Gasteiger partial charge >= 0.3 is 0 Å². The van der Waals surface area contributed by atoms with Crippen LogP contribution in [0.2, 0.25) is 0 Å². The lowest BCUT2D eigenvalue weighted by molar-refractivity contribution is -0.147. The summed E-state index contributed by atoms with van der Waals surface area (Å²) >= 11 is 0. The number of rotatable bonds is 4. The molecular formula is C15H19NO3. The van der Waals surface area contributed by atoms with Gasteiger partial charge in [-0.15, -0.1) is 0 Å². The van der Waals surface area contributed by atoms with Crippen molar-refractivity contribution < 1.29 is 14.3 Å². The van der Waals surface area contributed by atoms with Crippen molar-refractivity contribution in [3.8, 4) is 5.75 Å². The number of ether oxygens (including phenoxy) is 1. The van der Waals surface area contributed by atoms with Gasteiger partial charge in [0, 0.05) is 19.4 Å². The summed E-state index contributed by atoms with van der Waals surface area (Å²) in [7, 11) is 1.63. The highest BCUT2D eigenvalue weighted by molar-refractivity contribution is 5.97. The van der Waals surface area contributed by atoms with Gasteiger partial charge in [0.2, 0.25) is 11.8 Å². The fourth-order valence-corrected chi connectivity index (χ4v) is 2.38. The Morgan fingerprint density at radius 1 is 1.21 bits per heavy atom. The van der Waals surface area contributed by atoms with Gasteiger partial charge in [0.1, 0.15) is 5.75 Å². The third-order valence-electron chi connectivity index (χ3n) is 3.42. The first-order valence-electron chi connectivity index (χ1n) is 6.58. The molecule has 0 unspecified atom stereocenters. The first-order valence-corrected chi connectivity index (χ1v) is 6.58. The summed E-state index contributed by atoms with van der Waals surface area (Å²) in [6, 6.07) is 5.95. The topological polar surface area (TPSA) is 46.6 Å². The van der Waals surface area contributed by atoms with Gasteiger partial charge in [-0.3, -0.25) is 14.5 Å². The smallest absolute Gasteiger partial charge is 0.229 e. The van der Waals surface area contributed by atoms with E-state index in [2.05, 4.69) is 0 Å². The molecule has 19 heavy (non-hydrogen) atoms. The zero-order valence-electron chi connectivity index (χ0n) is 11.4. The van der Waals surface area contributed by atoms with E-state index in [1.165, 1.54) is 4.90 Å². The van der Waals surface area contributed by atoms with E-state index < -0.39 is 0 Å². The van der Waals surface area contributed by atoms with Crippen molar-refractivity contribution in [1.29, 1.82) is 0 Å². The first kappa shape index (κ1) is 13.6. The maximum atomic E-state index is 11.7. The average molecular weight is 261 g/mol. The summed E-state index contributed by atoms with van der Waals surface area (Å²) in [4.78, 5) is 24.8. The molecule has 4 nitrogen and oxygen atoms in total. The second-order valence-corrected chi connectivity index (χ2v) is 4.86. The van der Waals surface area contributed by atoms with Gasteiger partial charge < -0.3 is 4.74 Å². The highest BCUT2D eigenvalue weighted by Gasteiger charge is 2.25. The summed E-state index contributed by atoms with van der Waals surface area (Å²) in [5.74, 6) is 0.702. The lowest BCUT2D eigenvalue weighted by atomic mass is 10.1. The third-order valence-corrected chi connectivity index (χ3v) is 3.42. The van der Waals surface area contributed by atoms with Crippen LogP contribution in [0, 0.1) is 6.92 Å². The van der Waals surface area contributed by atoms with Crippen molar-refractivity contribution in [1.82, 2.24) is 4.90 Å². The van der Waals surface area contributed by atoms with Crippen molar-refractivity contribution in [3.05, 3.63) is 29.3 Å². The summed E-state index contributed by atoms with van der Waals surface area (Å²) in [5, 5.41) is 0. The first-order chi connectivity index (χ1) is 9.11. The Morgan fingerprint density at radius 3 is 2.53 bits per heavy atom. The number of carbonyl (C=O) groups is 2. The van der Waals surface area contributed by atoms with Gasteiger partial charge in [0.15, 0.2) is 0 Å².